The molecule has 1 aromatic carbocycles. The molecule has 2 rings (SSSR count). The molecule has 110 valence electrons. The predicted octanol–water partition coefficient (Wildman–Crippen LogP) is 0.281. The second kappa shape index (κ2) is 5.41. The second-order valence-corrected chi connectivity index (χ2v) is 4.73. The maximum atomic E-state index is 11.8. The molecule has 21 heavy (non-hydrogen) atoms. The smallest absolute Gasteiger partial charge is 0.334 e. The van der Waals surface area contributed by atoms with Gasteiger partial charge in [-0.25, -0.2) is 9.69 Å². The average molecular weight is 311 g/mol. The summed E-state index contributed by atoms with van der Waals surface area (Å²) in [7, 11) is 1.16. The van der Waals surface area contributed by atoms with Gasteiger partial charge < -0.3 is 11.1 Å². The van der Waals surface area contributed by atoms with Crippen molar-refractivity contribution >= 4 is 46.7 Å². The first kappa shape index (κ1) is 14.8. The fourth-order valence-corrected chi connectivity index (χ4v) is 1.96. The zero-order chi connectivity index (χ0) is 15.7. The molecule has 8 nitrogen and oxygen atoms in total. The Morgan fingerprint density at radius 3 is 2.48 bits per heavy atom. The van der Waals surface area contributed by atoms with Gasteiger partial charge in [0.2, 0.25) is 5.91 Å². The van der Waals surface area contributed by atoms with E-state index in [1.807, 2.05) is 0 Å². The third kappa shape index (κ3) is 2.79. The van der Waals surface area contributed by atoms with Crippen LogP contribution in [0.2, 0.25) is 5.02 Å². The number of imide groups is 2. The lowest BCUT2D eigenvalue weighted by Crippen LogP contribution is -2.38. The van der Waals surface area contributed by atoms with Crippen LogP contribution in [0.3, 0.4) is 0 Å². The van der Waals surface area contributed by atoms with Gasteiger partial charge >= 0.3 is 17.8 Å². The maximum Gasteiger partial charge on any atom is 0.334 e. The van der Waals surface area contributed by atoms with E-state index in [2.05, 4.69) is 5.32 Å². The van der Waals surface area contributed by atoms with Gasteiger partial charge in [-0.2, -0.15) is 0 Å². The first-order chi connectivity index (χ1) is 9.81. The Balaban J connectivity index is 2.07. The fourth-order valence-electron chi connectivity index (χ4n) is 1.72. The molecule has 0 saturated carbocycles. The molecule has 0 bridgehead atoms. The van der Waals surface area contributed by atoms with Crippen molar-refractivity contribution in [1.29, 1.82) is 0 Å². The van der Waals surface area contributed by atoms with E-state index in [9.17, 15) is 19.2 Å². The highest BCUT2D eigenvalue weighted by Gasteiger charge is 2.42. The Labute approximate surface area is 124 Å². The molecule has 0 unspecified atom stereocenters. The highest BCUT2D eigenvalue weighted by Crippen LogP contribution is 2.24. The van der Waals surface area contributed by atoms with Gasteiger partial charge in [0.15, 0.2) is 0 Å². The summed E-state index contributed by atoms with van der Waals surface area (Å²) in [6, 6.07) is 3.62. The van der Waals surface area contributed by atoms with Crippen molar-refractivity contribution in [1.82, 2.24) is 9.80 Å². The van der Waals surface area contributed by atoms with Crippen molar-refractivity contribution in [2.45, 2.75) is 0 Å². The van der Waals surface area contributed by atoms with Crippen LogP contribution in [0.4, 0.5) is 16.2 Å². The second-order valence-electron chi connectivity index (χ2n) is 4.33. The van der Waals surface area contributed by atoms with Crippen LogP contribution in [0.15, 0.2) is 18.2 Å². The largest absolute Gasteiger partial charge is 0.399 e. The Kier molecular flexibility index (Phi) is 3.81. The summed E-state index contributed by atoms with van der Waals surface area (Å²) in [5.41, 5.74) is 6.23. The Morgan fingerprint density at radius 1 is 1.29 bits per heavy atom. The summed E-state index contributed by atoms with van der Waals surface area (Å²) in [6.07, 6.45) is 0. The highest BCUT2D eigenvalue weighted by atomic mass is 35.5. The zero-order valence-corrected chi connectivity index (χ0v) is 11.7. The number of likely N-dealkylation sites (N-methyl/N-ethyl adjacent to an activating group) is 1. The van der Waals surface area contributed by atoms with Crippen LogP contribution >= 0.6 is 11.6 Å². The van der Waals surface area contributed by atoms with Gasteiger partial charge in [-0.1, -0.05) is 11.6 Å². The molecule has 5 amide bonds. The van der Waals surface area contributed by atoms with Crippen molar-refractivity contribution < 1.29 is 19.2 Å². The van der Waals surface area contributed by atoms with E-state index in [-0.39, 0.29) is 10.7 Å². The molecule has 1 aromatic rings. The molecule has 0 spiro atoms. The van der Waals surface area contributed by atoms with E-state index in [1.165, 1.54) is 18.2 Å². The van der Waals surface area contributed by atoms with E-state index in [0.717, 1.165) is 7.05 Å². The van der Waals surface area contributed by atoms with Crippen molar-refractivity contribution in [2.75, 3.05) is 24.6 Å². The molecule has 0 radical (unpaired) electrons. The lowest BCUT2D eigenvalue weighted by molar-refractivity contribution is -0.143. The minimum absolute atomic E-state index is 0.218. The number of carbonyl (C=O) groups is 4. The first-order valence-corrected chi connectivity index (χ1v) is 6.17. The molecule has 1 heterocycles. The quantitative estimate of drug-likeness (QED) is 0.473. The number of hydrogen-bond acceptors (Lipinski definition) is 5. The van der Waals surface area contributed by atoms with Crippen LogP contribution in [-0.4, -0.2) is 47.1 Å². The SMILES string of the molecule is CN1C(=O)C(=O)N(CC(=O)Nc2ccc(N)cc2Cl)C1=O. The van der Waals surface area contributed by atoms with Crippen LogP contribution < -0.4 is 11.1 Å². The Hall–Kier alpha value is -2.61. The van der Waals surface area contributed by atoms with E-state index in [1.54, 1.807) is 0 Å². The monoisotopic (exact) mass is 310 g/mol. The van der Waals surface area contributed by atoms with Crippen molar-refractivity contribution in [3.05, 3.63) is 23.2 Å². The number of carbonyl (C=O) groups excluding carboxylic acids is 4. The van der Waals surface area contributed by atoms with Crippen LogP contribution in [0.1, 0.15) is 0 Å². The standard InChI is InChI=1S/C12H11ClN4O4/c1-16-10(19)11(20)17(12(16)21)5-9(18)15-8-3-2-6(14)4-7(8)13/h2-4H,5,14H2,1H3,(H,15,18). The number of urea groups is 1. The molecular formula is C12H11ClN4O4. The number of halogens is 1. The lowest BCUT2D eigenvalue weighted by atomic mass is 10.3. The molecular weight excluding hydrogens is 300 g/mol. The summed E-state index contributed by atoms with van der Waals surface area (Å²) >= 11 is 5.89. The number of nitrogens with one attached hydrogen (secondary N) is 1. The number of anilines is 2. The Morgan fingerprint density at radius 2 is 1.95 bits per heavy atom. The van der Waals surface area contributed by atoms with Gasteiger partial charge in [-0.3, -0.25) is 19.3 Å². The van der Waals surface area contributed by atoms with Crippen LogP contribution in [0.25, 0.3) is 0 Å². The van der Waals surface area contributed by atoms with Gasteiger partial charge in [0.1, 0.15) is 6.54 Å². The molecule has 1 fully saturated rings. The normalized spacial score (nSPS) is 14.9. The van der Waals surface area contributed by atoms with Crippen molar-refractivity contribution in [3.63, 3.8) is 0 Å². The number of amides is 5. The molecule has 1 saturated heterocycles. The Bertz CT molecular complexity index is 661. The number of nitrogen functional groups attached to an aromatic ring is 1. The summed E-state index contributed by atoms with van der Waals surface area (Å²) in [5.74, 6) is -2.68. The number of rotatable bonds is 3. The molecule has 0 aliphatic carbocycles. The number of benzene rings is 1. The molecule has 0 atom stereocenters. The molecule has 3 N–H and O–H groups in total. The predicted molar refractivity (Wildman–Crippen MR) is 74.4 cm³/mol. The van der Waals surface area contributed by atoms with Crippen LogP contribution in [-0.2, 0) is 14.4 Å². The maximum absolute atomic E-state index is 11.8. The lowest BCUT2D eigenvalue weighted by Gasteiger charge is -2.13. The van der Waals surface area contributed by atoms with E-state index >= 15 is 0 Å². The third-order valence-electron chi connectivity index (χ3n) is 2.82. The zero-order valence-electron chi connectivity index (χ0n) is 10.9. The fraction of sp³-hybridized carbons (Fsp3) is 0.167. The van der Waals surface area contributed by atoms with Crippen molar-refractivity contribution in [2.24, 2.45) is 0 Å². The highest BCUT2D eigenvalue weighted by molar-refractivity contribution is 6.45. The summed E-state index contributed by atoms with van der Waals surface area (Å²) in [5, 5.41) is 2.65. The molecule has 1 aliphatic heterocycles. The minimum Gasteiger partial charge on any atom is -0.399 e. The molecule has 1 aliphatic rings. The van der Waals surface area contributed by atoms with E-state index < -0.39 is 30.3 Å². The van der Waals surface area contributed by atoms with Crippen molar-refractivity contribution in [3.8, 4) is 0 Å². The number of nitrogens with two attached hydrogens (primary N) is 1. The van der Waals surface area contributed by atoms with E-state index in [4.69, 9.17) is 17.3 Å². The van der Waals surface area contributed by atoms with Gasteiger partial charge in [0, 0.05) is 12.7 Å². The summed E-state index contributed by atoms with van der Waals surface area (Å²) < 4.78 is 0. The molecule has 9 heteroatoms. The van der Waals surface area contributed by atoms with Gasteiger partial charge in [0.05, 0.1) is 10.7 Å². The number of hydrogen-bond donors (Lipinski definition) is 2. The molecule has 0 aromatic heterocycles. The van der Waals surface area contributed by atoms with Gasteiger partial charge in [-0.15, -0.1) is 0 Å². The average Bonchev–Trinajstić information content (AvgIpc) is 2.60. The first-order valence-electron chi connectivity index (χ1n) is 5.79. The minimum atomic E-state index is -1.04. The summed E-state index contributed by atoms with van der Waals surface area (Å²) in [4.78, 5) is 47.5. The number of nitrogens with zero attached hydrogens (tertiary/aromatic N) is 2. The topological polar surface area (TPSA) is 113 Å². The van der Waals surface area contributed by atoms with Gasteiger partial charge in [-0.05, 0) is 18.2 Å². The van der Waals surface area contributed by atoms with E-state index in [0.29, 0.717) is 15.5 Å². The third-order valence-corrected chi connectivity index (χ3v) is 3.13. The van der Waals surface area contributed by atoms with Crippen LogP contribution in [0, 0.1) is 0 Å². The van der Waals surface area contributed by atoms with Crippen LogP contribution in [0.5, 0.6) is 0 Å². The van der Waals surface area contributed by atoms with Gasteiger partial charge in [0.25, 0.3) is 0 Å². The summed E-state index contributed by atoms with van der Waals surface area (Å²) in [6.45, 7) is -0.575.